The van der Waals surface area contributed by atoms with E-state index in [2.05, 4.69) is 22.2 Å². The second-order valence-corrected chi connectivity index (χ2v) is 7.91. The molecule has 0 aliphatic heterocycles. The van der Waals surface area contributed by atoms with Crippen molar-refractivity contribution in [3.8, 4) is 27.7 Å². The van der Waals surface area contributed by atoms with Crippen molar-refractivity contribution in [2.24, 2.45) is 0 Å². The smallest absolute Gasteiger partial charge is 0.253 e. The lowest BCUT2D eigenvalue weighted by Crippen LogP contribution is -2.27. The lowest BCUT2D eigenvalue weighted by Gasteiger charge is -2.10. The topological polar surface area (TPSA) is 65.4 Å². The summed E-state index contributed by atoms with van der Waals surface area (Å²) < 4.78 is 12.5. The molecule has 0 saturated heterocycles. The van der Waals surface area contributed by atoms with E-state index >= 15 is 0 Å². The van der Waals surface area contributed by atoms with Gasteiger partial charge in [0.25, 0.3) is 5.91 Å². The van der Waals surface area contributed by atoms with Gasteiger partial charge in [0.15, 0.2) is 0 Å². The highest BCUT2D eigenvalue weighted by molar-refractivity contribution is 7.13. The van der Waals surface area contributed by atoms with Gasteiger partial charge in [-0.3, -0.25) is 4.79 Å². The van der Waals surface area contributed by atoms with Crippen molar-refractivity contribution in [2.75, 3.05) is 27.4 Å². The van der Waals surface area contributed by atoms with E-state index in [0.717, 1.165) is 52.8 Å². The number of hydrogen-bond donors (Lipinski definition) is 1. The minimum atomic E-state index is -0.0772. The van der Waals surface area contributed by atoms with E-state index in [1.807, 2.05) is 37.3 Å². The van der Waals surface area contributed by atoms with Crippen molar-refractivity contribution in [1.82, 2.24) is 14.9 Å². The van der Waals surface area contributed by atoms with E-state index < -0.39 is 0 Å². The highest BCUT2D eigenvalue weighted by Gasteiger charge is 2.20. The molecule has 0 bridgehead atoms. The molecular weight excluding hydrogens is 398 g/mol. The molecule has 7 heteroatoms. The van der Waals surface area contributed by atoms with Crippen molar-refractivity contribution in [3.05, 3.63) is 47.0 Å². The zero-order chi connectivity index (χ0) is 21.5. The molecular formula is C23H29N3O3S. The third-order valence-electron chi connectivity index (χ3n) is 5.04. The molecule has 0 saturated carbocycles. The molecule has 0 atom stereocenters. The number of nitrogens with one attached hydrogen (secondary N) is 1. The van der Waals surface area contributed by atoms with Crippen LogP contribution >= 0.6 is 11.3 Å². The standard InChI is InChI=1S/C23H29N3O3S/c1-5-6-12-26-16(2)19(22(27)24-11-13-28-3)14-21(26)20-15-30-23(25-20)17-7-9-18(29-4)10-8-17/h7-10,14-15H,5-6,11-13H2,1-4H3,(H,24,27). The average molecular weight is 428 g/mol. The number of amides is 1. The first-order valence-electron chi connectivity index (χ1n) is 10.2. The van der Waals surface area contributed by atoms with Gasteiger partial charge in [0.2, 0.25) is 0 Å². The fourth-order valence-electron chi connectivity index (χ4n) is 3.31. The molecule has 0 fully saturated rings. The average Bonchev–Trinajstić information content (AvgIpc) is 3.37. The van der Waals surface area contributed by atoms with E-state index in [1.165, 1.54) is 0 Å². The molecule has 6 nitrogen and oxygen atoms in total. The largest absolute Gasteiger partial charge is 0.497 e. The first-order chi connectivity index (χ1) is 14.6. The summed E-state index contributed by atoms with van der Waals surface area (Å²) in [5.74, 6) is 0.746. The van der Waals surface area contributed by atoms with Crippen molar-refractivity contribution in [2.45, 2.75) is 33.2 Å². The van der Waals surface area contributed by atoms with Gasteiger partial charge in [-0.2, -0.15) is 0 Å². The van der Waals surface area contributed by atoms with Crippen LogP contribution < -0.4 is 10.1 Å². The molecule has 3 rings (SSSR count). The molecule has 30 heavy (non-hydrogen) atoms. The summed E-state index contributed by atoms with van der Waals surface area (Å²) in [6.07, 6.45) is 2.13. The fourth-order valence-corrected chi connectivity index (χ4v) is 4.13. The Kier molecular flexibility index (Phi) is 7.65. The van der Waals surface area contributed by atoms with Gasteiger partial charge in [-0.25, -0.2) is 4.98 Å². The van der Waals surface area contributed by atoms with E-state index in [1.54, 1.807) is 25.6 Å². The second kappa shape index (κ2) is 10.4. The van der Waals surface area contributed by atoms with Crippen LogP contribution in [0.3, 0.4) is 0 Å². The Bertz CT molecular complexity index is 976. The lowest BCUT2D eigenvalue weighted by atomic mass is 10.2. The molecule has 1 amide bonds. The van der Waals surface area contributed by atoms with Gasteiger partial charge in [0, 0.05) is 36.8 Å². The molecule has 0 unspecified atom stereocenters. The van der Waals surface area contributed by atoms with Crippen molar-refractivity contribution >= 4 is 17.2 Å². The van der Waals surface area contributed by atoms with Crippen LogP contribution in [0.5, 0.6) is 5.75 Å². The van der Waals surface area contributed by atoms with E-state index in [-0.39, 0.29) is 5.91 Å². The Labute approximate surface area is 181 Å². The van der Waals surface area contributed by atoms with Crippen LogP contribution in [0.2, 0.25) is 0 Å². The minimum absolute atomic E-state index is 0.0772. The molecule has 0 spiro atoms. The Hall–Kier alpha value is -2.64. The van der Waals surface area contributed by atoms with Gasteiger partial charge in [0.1, 0.15) is 10.8 Å². The number of carbonyl (C=O) groups is 1. The number of benzene rings is 1. The summed E-state index contributed by atoms with van der Waals surface area (Å²) in [5.41, 5.74) is 4.58. The molecule has 1 aromatic carbocycles. The summed E-state index contributed by atoms with van der Waals surface area (Å²) in [6, 6.07) is 9.86. The number of nitrogens with zero attached hydrogens (tertiary/aromatic N) is 2. The molecule has 160 valence electrons. The maximum absolute atomic E-state index is 12.7. The van der Waals surface area contributed by atoms with Crippen LogP contribution in [0.1, 0.15) is 35.8 Å². The van der Waals surface area contributed by atoms with Crippen LogP contribution in [0.15, 0.2) is 35.7 Å². The monoisotopic (exact) mass is 427 g/mol. The normalized spacial score (nSPS) is 10.9. The molecule has 3 aromatic rings. The van der Waals surface area contributed by atoms with Crippen molar-refractivity contribution in [1.29, 1.82) is 0 Å². The van der Waals surface area contributed by atoms with Crippen LogP contribution in [0, 0.1) is 6.92 Å². The Balaban J connectivity index is 1.92. The molecule has 0 radical (unpaired) electrons. The molecule has 2 heterocycles. The van der Waals surface area contributed by atoms with Crippen molar-refractivity contribution in [3.63, 3.8) is 0 Å². The first kappa shape index (κ1) is 22.1. The summed E-state index contributed by atoms with van der Waals surface area (Å²) in [7, 11) is 3.28. The van der Waals surface area contributed by atoms with E-state index in [0.29, 0.717) is 18.7 Å². The lowest BCUT2D eigenvalue weighted by molar-refractivity contribution is 0.0936. The van der Waals surface area contributed by atoms with Gasteiger partial charge in [-0.05, 0) is 43.7 Å². The maximum Gasteiger partial charge on any atom is 0.253 e. The van der Waals surface area contributed by atoms with Gasteiger partial charge < -0.3 is 19.4 Å². The quantitative estimate of drug-likeness (QED) is 0.473. The predicted octanol–water partition coefficient (Wildman–Crippen LogP) is 4.77. The number of ether oxygens (including phenoxy) is 2. The molecule has 0 aliphatic carbocycles. The van der Waals surface area contributed by atoms with Gasteiger partial charge >= 0.3 is 0 Å². The van der Waals surface area contributed by atoms with Crippen molar-refractivity contribution < 1.29 is 14.3 Å². The zero-order valence-corrected chi connectivity index (χ0v) is 18.8. The zero-order valence-electron chi connectivity index (χ0n) is 18.0. The van der Waals surface area contributed by atoms with Crippen LogP contribution in [0.4, 0.5) is 0 Å². The molecule has 1 N–H and O–H groups in total. The summed E-state index contributed by atoms with van der Waals surface area (Å²) in [6.45, 7) is 6.01. The third kappa shape index (κ3) is 4.91. The first-order valence-corrected chi connectivity index (χ1v) is 11.0. The minimum Gasteiger partial charge on any atom is -0.497 e. The predicted molar refractivity (Wildman–Crippen MR) is 121 cm³/mol. The summed E-state index contributed by atoms with van der Waals surface area (Å²) in [4.78, 5) is 17.6. The summed E-state index contributed by atoms with van der Waals surface area (Å²) in [5, 5.41) is 5.93. The number of carbonyl (C=O) groups excluding carboxylic acids is 1. The van der Waals surface area contributed by atoms with Crippen LogP contribution in [-0.2, 0) is 11.3 Å². The number of methoxy groups -OCH3 is 2. The Morgan fingerprint density at radius 2 is 2.00 bits per heavy atom. The highest BCUT2D eigenvalue weighted by Crippen LogP contribution is 2.32. The van der Waals surface area contributed by atoms with Gasteiger partial charge in [-0.15, -0.1) is 11.3 Å². The van der Waals surface area contributed by atoms with Crippen LogP contribution in [-0.4, -0.2) is 42.8 Å². The SMILES string of the molecule is CCCCn1c(-c2csc(-c3ccc(OC)cc3)n2)cc(C(=O)NCCOC)c1C. The van der Waals surface area contributed by atoms with Gasteiger partial charge in [-0.1, -0.05) is 13.3 Å². The Morgan fingerprint density at radius 3 is 2.67 bits per heavy atom. The Morgan fingerprint density at radius 1 is 1.23 bits per heavy atom. The number of aromatic nitrogens is 2. The summed E-state index contributed by atoms with van der Waals surface area (Å²) >= 11 is 1.60. The van der Waals surface area contributed by atoms with Crippen LogP contribution in [0.25, 0.3) is 22.0 Å². The number of unbranched alkanes of at least 4 members (excludes halogenated alkanes) is 1. The highest BCUT2D eigenvalue weighted by atomic mass is 32.1. The fraction of sp³-hybridized carbons (Fsp3) is 0.391. The number of hydrogen-bond acceptors (Lipinski definition) is 5. The maximum atomic E-state index is 12.7. The van der Waals surface area contributed by atoms with E-state index in [9.17, 15) is 4.79 Å². The number of rotatable bonds is 10. The molecule has 2 aromatic heterocycles. The number of thiazole rings is 1. The third-order valence-corrected chi connectivity index (χ3v) is 5.93. The molecule has 0 aliphatic rings. The van der Waals surface area contributed by atoms with Gasteiger partial charge in [0.05, 0.1) is 30.7 Å². The second-order valence-electron chi connectivity index (χ2n) is 7.05. The van der Waals surface area contributed by atoms with E-state index in [4.69, 9.17) is 14.5 Å².